The van der Waals surface area contributed by atoms with E-state index >= 15 is 0 Å². The van der Waals surface area contributed by atoms with Gasteiger partial charge in [0.2, 0.25) is 0 Å². The van der Waals surface area contributed by atoms with Gasteiger partial charge in [0.15, 0.2) is 11.6 Å². The van der Waals surface area contributed by atoms with Crippen LogP contribution < -0.4 is 0 Å². The molecule has 0 amide bonds. The summed E-state index contributed by atoms with van der Waals surface area (Å²) in [5, 5.41) is 0. The minimum absolute atomic E-state index is 0.0637. The van der Waals surface area contributed by atoms with Gasteiger partial charge in [-0.2, -0.15) is 0 Å². The Morgan fingerprint density at radius 2 is 1.80 bits per heavy atom. The van der Waals surface area contributed by atoms with E-state index in [4.69, 9.17) is 13.3 Å². The molecule has 1 atom stereocenters. The maximum Gasteiger partial charge on any atom is 0.577 e. The summed E-state index contributed by atoms with van der Waals surface area (Å²) < 4.78 is 41.5. The summed E-state index contributed by atoms with van der Waals surface area (Å²) in [5.41, 5.74) is 0.816. The number of aryl methyl sites for hydroxylation is 1. The maximum absolute atomic E-state index is 13.0. The summed E-state index contributed by atoms with van der Waals surface area (Å²) in [5.74, 6) is -1.59. The third-order valence-corrected chi connectivity index (χ3v) is 4.20. The Labute approximate surface area is 120 Å². The fourth-order valence-electron chi connectivity index (χ4n) is 1.86. The number of unbranched alkanes of at least 4 members (excludes halogenated alkanes) is 1. The first-order chi connectivity index (χ1) is 9.56. The lowest BCUT2D eigenvalue weighted by atomic mass is 10.1. The monoisotopic (exact) mass is 303 g/mol. The van der Waals surface area contributed by atoms with Gasteiger partial charge in [-0.05, 0) is 43.9 Å². The molecule has 1 aromatic rings. The summed E-state index contributed by atoms with van der Waals surface area (Å²) >= 11 is 0. The highest BCUT2D eigenvalue weighted by Gasteiger charge is 2.18. The molecular formula is C14H21F2O3Si. The molecule has 1 aromatic carbocycles. The zero-order valence-electron chi connectivity index (χ0n) is 12.1. The summed E-state index contributed by atoms with van der Waals surface area (Å²) in [7, 11) is 1.51. The van der Waals surface area contributed by atoms with Gasteiger partial charge < -0.3 is 13.3 Å². The highest BCUT2D eigenvalue weighted by atomic mass is 28.3. The lowest BCUT2D eigenvalue weighted by Gasteiger charge is -2.16. The van der Waals surface area contributed by atoms with Crippen molar-refractivity contribution in [3.63, 3.8) is 0 Å². The molecule has 0 saturated carbocycles. The van der Waals surface area contributed by atoms with Crippen LogP contribution >= 0.6 is 0 Å². The fourth-order valence-corrected chi connectivity index (χ4v) is 2.66. The van der Waals surface area contributed by atoms with Crippen molar-refractivity contribution in [3.8, 4) is 0 Å². The van der Waals surface area contributed by atoms with Gasteiger partial charge in [0.1, 0.15) is 0 Å². The van der Waals surface area contributed by atoms with E-state index in [0.29, 0.717) is 0 Å². The molecule has 0 saturated heterocycles. The predicted octanol–water partition coefficient (Wildman–Crippen LogP) is 3.36. The molecule has 1 unspecified atom stereocenters. The molecule has 0 spiro atoms. The first-order valence-electron chi connectivity index (χ1n) is 6.62. The zero-order valence-corrected chi connectivity index (χ0v) is 13.1. The second-order valence-corrected chi connectivity index (χ2v) is 6.13. The maximum atomic E-state index is 13.0. The molecule has 3 nitrogen and oxygen atoms in total. The SMILES string of the molecule is CO[Si](OC)OC(C)CCCCc1ccc(F)c(F)c1. The van der Waals surface area contributed by atoms with Crippen molar-refractivity contribution in [2.24, 2.45) is 0 Å². The Balaban J connectivity index is 2.22. The summed E-state index contributed by atoms with van der Waals surface area (Å²) in [6.45, 7) is 1.97. The molecule has 0 aliphatic heterocycles. The normalized spacial score (nSPS) is 12.9. The van der Waals surface area contributed by atoms with Gasteiger partial charge in [0, 0.05) is 20.3 Å². The van der Waals surface area contributed by atoms with Crippen molar-refractivity contribution in [1.82, 2.24) is 0 Å². The second kappa shape index (κ2) is 9.18. The molecule has 0 aliphatic carbocycles. The predicted molar refractivity (Wildman–Crippen MR) is 74.2 cm³/mol. The van der Waals surface area contributed by atoms with Crippen LogP contribution in [0.2, 0.25) is 0 Å². The first-order valence-corrected chi connectivity index (χ1v) is 7.84. The van der Waals surface area contributed by atoms with Gasteiger partial charge in [0.25, 0.3) is 0 Å². The molecule has 0 fully saturated rings. The Bertz CT molecular complexity index is 400. The molecule has 113 valence electrons. The molecule has 0 heterocycles. The third kappa shape index (κ3) is 6.09. The van der Waals surface area contributed by atoms with Crippen LogP contribution in [0.1, 0.15) is 31.7 Å². The van der Waals surface area contributed by atoms with Crippen LogP contribution in [0.15, 0.2) is 18.2 Å². The smallest absolute Gasteiger partial charge is 0.375 e. The standard InChI is InChI=1S/C14H21F2O3Si/c1-11(19-20(17-2)18-3)6-4-5-7-12-8-9-13(15)14(16)10-12/h8-11H,4-7H2,1-3H3. The van der Waals surface area contributed by atoms with Crippen molar-refractivity contribution in [1.29, 1.82) is 0 Å². The Kier molecular flexibility index (Phi) is 7.90. The highest BCUT2D eigenvalue weighted by molar-refractivity contribution is 6.36. The zero-order chi connectivity index (χ0) is 15.0. The molecule has 6 heteroatoms. The van der Waals surface area contributed by atoms with Crippen LogP contribution in [-0.2, 0) is 19.7 Å². The van der Waals surface area contributed by atoms with Crippen LogP contribution in [0.3, 0.4) is 0 Å². The van der Waals surface area contributed by atoms with Gasteiger partial charge in [-0.3, -0.25) is 0 Å². The van der Waals surface area contributed by atoms with E-state index in [1.54, 1.807) is 20.3 Å². The average Bonchev–Trinajstić information content (AvgIpc) is 2.44. The molecule has 0 aromatic heterocycles. The molecule has 0 bridgehead atoms. The number of rotatable bonds is 9. The van der Waals surface area contributed by atoms with Gasteiger partial charge in [0.05, 0.1) is 0 Å². The summed E-state index contributed by atoms with van der Waals surface area (Å²) in [6.07, 6.45) is 3.53. The quantitative estimate of drug-likeness (QED) is 0.517. The molecule has 1 radical (unpaired) electrons. The molecular weight excluding hydrogens is 282 g/mol. The Morgan fingerprint density at radius 3 is 2.40 bits per heavy atom. The van der Waals surface area contributed by atoms with Gasteiger partial charge in [-0.15, -0.1) is 0 Å². The minimum Gasteiger partial charge on any atom is -0.375 e. The van der Waals surface area contributed by atoms with Crippen molar-refractivity contribution in [2.75, 3.05) is 14.2 Å². The molecule has 20 heavy (non-hydrogen) atoms. The van der Waals surface area contributed by atoms with E-state index in [1.807, 2.05) is 6.92 Å². The van der Waals surface area contributed by atoms with Crippen LogP contribution in [0.4, 0.5) is 8.78 Å². The topological polar surface area (TPSA) is 27.7 Å². The van der Waals surface area contributed by atoms with Gasteiger partial charge in [-0.25, -0.2) is 8.78 Å². The lowest BCUT2D eigenvalue weighted by Crippen LogP contribution is -2.28. The number of hydrogen-bond donors (Lipinski definition) is 0. The van der Waals surface area contributed by atoms with E-state index < -0.39 is 21.2 Å². The van der Waals surface area contributed by atoms with E-state index in [9.17, 15) is 8.78 Å². The van der Waals surface area contributed by atoms with Crippen LogP contribution in [0, 0.1) is 11.6 Å². The van der Waals surface area contributed by atoms with E-state index in [2.05, 4.69) is 0 Å². The van der Waals surface area contributed by atoms with Crippen LogP contribution in [-0.4, -0.2) is 29.9 Å². The van der Waals surface area contributed by atoms with Gasteiger partial charge in [-0.1, -0.05) is 12.5 Å². The van der Waals surface area contributed by atoms with Crippen molar-refractivity contribution in [3.05, 3.63) is 35.4 Å². The third-order valence-electron chi connectivity index (χ3n) is 2.94. The number of halogens is 2. The number of hydrogen-bond acceptors (Lipinski definition) is 3. The lowest BCUT2D eigenvalue weighted by molar-refractivity contribution is 0.0894. The van der Waals surface area contributed by atoms with Crippen LogP contribution in [0.25, 0.3) is 0 Å². The summed E-state index contributed by atoms with van der Waals surface area (Å²) in [4.78, 5) is 0. The van der Waals surface area contributed by atoms with Crippen molar-refractivity contribution in [2.45, 2.75) is 38.7 Å². The fraction of sp³-hybridized carbons (Fsp3) is 0.571. The van der Waals surface area contributed by atoms with Crippen molar-refractivity contribution >= 4 is 9.53 Å². The van der Waals surface area contributed by atoms with Gasteiger partial charge >= 0.3 is 9.53 Å². The minimum atomic E-state index is -1.61. The summed E-state index contributed by atoms with van der Waals surface area (Å²) in [6, 6.07) is 4.05. The second-order valence-electron chi connectivity index (χ2n) is 4.58. The molecule has 0 aliphatic rings. The Morgan fingerprint density at radius 1 is 1.10 bits per heavy atom. The number of benzene rings is 1. The van der Waals surface area contributed by atoms with E-state index in [1.165, 1.54) is 12.1 Å². The van der Waals surface area contributed by atoms with Crippen LogP contribution in [0.5, 0.6) is 0 Å². The molecule has 1 rings (SSSR count). The Hall–Kier alpha value is -0.823. The largest absolute Gasteiger partial charge is 0.577 e. The first kappa shape index (κ1) is 17.2. The average molecular weight is 303 g/mol. The van der Waals surface area contributed by atoms with E-state index in [0.717, 1.165) is 31.2 Å². The highest BCUT2D eigenvalue weighted by Crippen LogP contribution is 2.13. The van der Waals surface area contributed by atoms with E-state index in [-0.39, 0.29) is 6.10 Å². The van der Waals surface area contributed by atoms with Crippen molar-refractivity contribution < 1.29 is 22.1 Å². The molecule has 0 N–H and O–H groups in total.